The van der Waals surface area contributed by atoms with Crippen LogP contribution in [0.15, 0.2) is 48.6 Å². The fraction of sp³-hybridized carbons (Fsp3) is 0.368. The number of amides is 1. The first-order valence-electron chi connectivity index (χ1n) is 8.38. The maximum atomic E-state index is 12.7. The van der Waals surface area contributed by atoms with Crippen LogP contribution in [0.4, 0.5) is 0 Å². The Bertz CT molecular complexity index is 770. The van der Waals surface area contributed by atoms with Gasteiger partial charge in [0.15, 0.2) is 5.82 Å². The van der Waals surface area contributed by atoms with Crippen LogP contribution in [0.3, 0.4) is 0 Å². The number of allylic oxidation sites excluding steroid dienone is 2. The number of carbonyl (C=O) groups excluding carboxylic acids is 1. The molecule has 5 nitrogen and oxygen atoms in total. The van der Waals surface area contributed by atoms with Gasteiger partial charge < -0.3 is 4.90 Å². The number of pyridine rings is 1. The summed E-state index contributed by atoms with van der Waals surface area (Å²) in [5, 5.41) is 0. The SMILES string of the molecule is CC1=CC[C@@H]2CN(C(=O)c3cnc(-c4ccncc4)nc3)C[C@@H]2C1. The smallest absolute Gasteiger partial charge is 0.257 e. The molecule has 0 saturated carbocycles. The van der Waals surface area contributed by atoms with Gasteiger partial charge in [0.05, 0.1) is 5.56 Å². The Hall–Kier alpha value is -2.56. The Balaban J connectivity index is 1.48. The summed E-state index contributed by atoms with van der Waals surface area (Å²) in [5.74, 6) is 1.87. The van der Waals surface area contributed by atoms with Crippen LogP contribution in [-0.2, 0) is 0 Å². The second kappa shape index (κ2) is 6.15. The molecule has 2 aromatic rings. The molecule has 0 aromatic carbocycles. The van der Waals surface area contributed by atoms with Gasteiger partial charge in [-0.05, 0) is 43.7 Å². The van der Waals surface area contributed by atoms with Crippen molar-refractivity contribution in [3.8, 4) is 11.4 Å². The normalized spacial score (nSPS) is 22.9. The molecule has 0 unspecified atom stereocenters. The van der Waals surface area contributed by atoms with Crippen LogP contribution in [0.1, 0.15) is 30.1 Å². The van der Waals surface area contributed by atoms with E-state index in [0.717, 1.165) is 31.5 Å². The molecule has 2 aromatic heterocycles. The highest BCUT2D eigenvalue weighted by molar-refractivity contribution is 5.94. The fourth-order valence-corrected chi connectivity index (χ4v) is 3.72. The van der Waals surface area contributed by atoms with Crippen LogP contribution in [0, 0.1) is 11.8 Å². The van der Waals surface area contributed by atoms with Crippen molar-refractivity contribution < 1.29 is 4.79 Å². The van der Waals surface area contributed by atoms with E-state index in [1.165, 1.54) is 5.57 Å². The maximum absolute atomic E-state index is 12.7. The molecule has 2 aliphatic rings. The average Bonchev–Trinajstić information content (AvgIpc) is 3.05. The van der Waals surface area contributed by atoms with Gasteiger partial charge in [-0.25, -0.2) is 9.97 Å². The van der Waals surface area contributed by atoms with Crippen molar-refractivity contribution in [3.05, 3.63) is 54.1 Å². The lowest BCUT2D eigenvalue weighted by Gasteiger charge is -2.21. The second-order valence-corrected chi connectivity index (χ2v) is 6.75. The first kappa shape index (κ1) is 15.0. The van der Waals surface area contributed by atoms with Crippen LogP contribution >= 0.6 is 0 Å². The number of aromatic nitrogens is 3. The highest BCUT2D eigenvalue weighted by atomic mass is 16.2. The molecule has 3 heterocycles. The van der Waals surface area contributed by atoms with Crippen LogP contribution in [0.5, 0.6) is 0 Å². The van der Waals surface area contributed by atoms with Gasteiger partial charge >= 0.3 is 0 Å². The first-order chi connectivity index (χ1) is 11.7. The van der Waals surface area contributed by atoms with Crippen LogP contribution in [0.25, 0.3) is 11.4 Å². The van der Waals surface area contributed by atoms with Crippen molar-refractivity contribution >= 4 is 5.91 Å². The molecule has 5 heteroatoms. The predicted octanol–water partition coefficient (Wildman–Crippen LogP) is 2.97. The molecular formula is C19H20N4O. The second-order valence-electron chi connectivity index (χ2n) is 6.75. The van der Waals surface area contributed by atoms with Crippen LogP contribution in [0.2, 0.25) is 0 Å². The minimum atomic E-state index is 0.0448. The summed E-state index contributed by atoms with van der Waals surface area (Å²) in [6.45, 7) is 3.88. The summed E-state index contributed by atoms with van der Waals surface area (Å²) in [7, 11) is 0. The van der Waals surface area contributed by atoms with Crippen molar-refractivity contribution in [2.75, 3.05) is 13.1 Å². The van der Waals surface area contributed by atoms with Crippen LogP contribution in [-0.4, -0.2) is 38.8 Å². The Morgan fingerprint density at radius 2 is 1.83 bits per heavy atom. The zero-order valence-electron chi connectivity index (χ0n) is 13.7. The largest absolute Gasteiger partial charge is 0.338 e. The van der Waals surface area contributed by atoms with E-state index in [4.69, 9.17) is 0 Å². The molecule has 1 amide bonds. The first-order valence-corrected chi connectivity index (χ1v) is 8.38. The zero-order chi connectivity index (χ0) is 16.5. The molecule has 0 N–H and O–H groups in total. The maximum Gasteiger partial charge on any atom is 0.257 e. The Morgan fingerprint density at radius 1 is 1.12 bits per heavy atom. The molecule has 4 rings (SSSR count). The molecule has 0 bridgehead atoms. The van der Waals surface area contributed by atoms with Crippen molar-refractivity contribution in [2.45, 2.75) is 19.8 Å². The third-order valence-corrected chi connectivity index (χ3v) is 5.05. The Morgan fingerprint density at radius 3 is 2.58 bits per heavy atom. The molecule has 1 aliphatic heterocycles. The highest BCUT2D eigenvalue weighted by Crippen LogP contribution is 2.36. The minimum Gasteiger partial charge on any atom is -0.338 e. The lowest BCUT2D eigenvalue weighted by atomic mass is 9.83. The molecule has 0 spiro atoms. The predicted molar refractivity (Wildman–Crippen MR) is 91.1 cm³/mol. The average molecular weight is 320 g/mol. The molecule has 1 aliphatic carbocycles. The van der Waals surface area contributed by atoms with Gasteiger partial charge in [0.25, 0.3) is 5.91 Å². The number of rotatable bonds is 2. The van der Waals surface area contributed by atoms with Crippen molar-refractivity contribution in [1.29, 1.82) is 0 Å². The van der Waals surface area contributed by atoms with Gasteiger partial charge in [-0.3, -0.25) is 9.78 Å². The topological polar surface area (TPSA) is 59.0 Å². The standard InChI is InChI=1S/C19H20N4O/c1-13-2-3-15-11-23(12-16(15)8-13)19(24)17-9-21-18(22-10-17)14-4-6-20-7-5-14/h2,4-7,9-10,15-16H,3,8,11-12H2,1H3/t15-,16+/m1/s1. The number of nitrogens with zero attached hydrogens (tertiary/aromatic N) is 4. The lowest BCUT2D eigenvalue weighted by molar-refractivity contribution is 0.0783. The molecular weight excluding hydrogens is 300 g/mol. The highest BCUT2D eigenvalue weighted by Gasteiger charge is 2.36. The molecule has 2 atom stereocenters. The van der Waals surface area contributed by atoms with Gasteiger partial charge in [0, 0.05) is 43.4 Å². The van der Waals surface area contributed by atoms with Gasteiger partial charge in [0.1, 0.15) is 0 Å². The number of likely N-dealkylation sites (tertiary alicyclic amines) is 1. The van der Waals surface area contributed by atoms with E-state index >= 15 is 0 Å². The Kier molecular flexibility index (Phi) is 3.84. The third-order valence-electron chi connectivity index (χ3n) is 5.05. The van der Waals surface area contributed by atoms with E-state index in [0.29, 0.717) is 23.2 Å². The van der Waals surface area contributed by atoms with Crippen molar-refractivity contribution in [1.82, 2.24) is 19.9 Å². The molecule has 1 saturated heterocycles. The van der Waals surface area contributed by atoms with Gasteiger partial charge in [-0.15, -0.1) is 0 Å². The van der Waals surface area contributed by atoms with E-state index in [2.05, 4.69) is 28.0 Å². The van der Waals surface area contributed by atoms with E-state index < -0.39 is 0 Å². The summed E-state index contributed by atoms with van der Waals surface area (Å²) in [5.41, 5.74) is 2.92. The van der Waals surface area contributed by atoms with Crippen LogP contribution < -0.4 is 0 Å². The summed E-state index contributed by atoms with van der Waals surface area (Å²) >= 11 is 0. The summed E-state index contributed by atoms with van der Waals surface area (Å²) in [4.78, 5) is 27.4. The summed E-state index contributed by atoms with van der Waals surface area (Å²) in [6, 6.07) is 3.72. The number of hydrogen-bond acceptors (Lipinski definition) is 4. The molecule has 122 valence electrons. The number of carbonyl (C=O) groups is 1. The van der Waals surface area contributed by atoms with E-state index in [1.54, 1.807) is 24.8 Å². The van der Waals surface area contributed by atoms with E-state index in [9.17, 15) is 4.79 Å². The van der Waals surface area contributed by atoms with E-state index in [-0.39, 0.29) is 5.91 Å². The lowest BCUT2D eigenvalue weighted by Crippen LogP contribution is -2.29. The summed E-state index contributed by atoms with van der Waals surface area (Å²) < 4.78 is 0. The quantitative estimate of drug-likeness (QED) is 0.798. The number of fused-ring (bicyclic) bond motifs is 1. The van der Waals surface area contributed by atoms with E-state index in [1.807, 2.05) is 17.0 Å². The zero-order valence-corrected chi connectivity index (χ0v) is 13.7. The van der Waals surface area contributed by atoms with Crippen molar-refractivity contribution in [2.24, 2.45) is 11.8 Å². The van der Waals surface area contributed by atoms with Gasteiger partial charge in [-0.2, -0.15) is 0 Å². The molecule has 1 fully saturated rings. The van der Waals surface area contributed by atoms with Gasteiger partial charge in [-0.1, -0.05) is 11.6 Å². The minimum absolute atomic E-state index is 0.0448. The van der Waals surface area contributed by atoms with Crippen molar-refractivity contribution in [3.63, 3.8) is 0 Å². The van der Waals surface area contributed by atoms with Gasteiger partial charge in [0.2, 0.25) is 0 Å². The molecule has 24 heavy (non-hydrogen) atoms. The Labute approximate surface area is 141 Å². The number of hydrogen-bond donors (Lipinski definition) is 0. The molecule has 0 radical (unpaired) electrons. The summed E-state index contributed by atoms with van der Waals surface area (Å²) in [6.07, 6.45) is 11.2. The third kappa shape index (κ3) is 2.82. The fourth-order valence-electron chi connectivity index (χ4n) is 3.72. The monoisotopic (exact) mass is 320 g/mol.